The molecular weight excluding hydrogens is 658 g/mol. The summed E-state index contributed by atoms with van der Waals surface area (Å²) in [7, 11) is -4.41. The average Bonchev–Trinajstić information content (AvgIpc) is 3.13. The first kappa shape index (κ1) is 34.9. The van der Waals surface area contributed by atoms with Crippen LogP contribution in [0.1, 0.15) is 48.8 Å². The molecule has 1 aliphatic heterocycles. The number of carbonyl (C=O) groups excluding carboxylic acids is 2. The number of hydrogen-bond acceptors (Lipinski definition) is 6. The molecule has 11 heteroatoms. The summed E-state index contributed by atoms with van der Waals surface area (Å²) in [4.78, 5) is 30.4. The van der Waals surface area contributed by atoms with Crippen LogP contribution in [-0.2, 0) is 32.6 Å². The number of fused-ring (bicyclic) bond motifs is 1. The van der Waals surface area contributed by atoms with Crippen molar-refractivity contribution in [3.8, 4) is 11.5 Å². The molecule has 1 saturated carbocycles. The van der Waals surface area contributed by atoms with Crippen molar-refractivity contribution in [1.82, 2.24) is 10.2 Å². The van der Waals surface area contributed by atoms with Crippen LogP contribution >= 0.6 is 0 Å². The Labute approximate surface area is 293 Å². The normalized spacial score (nSPS) is 15.2. The third kappa shape index (κ3) is 8.45. The molecule has 1 heterocycles. The van der Waals surface area contributed by atoms with Crippen LogP contribution in [0.5, 0.6) is 11.5 Å². The van der Waals surface area contributed by atoms with E-state index in [-0.39, 0.29) is 47.9 Å². The van der Waals surface area contributed by atoms with E-state index in [1.165, 1.54) is 35.2 Å². The number of ether oxygens (including phenoxy) is 2. The summed E-state index contributed by atoms with van der Waals surface area (Å²) in [5.41, 5.74) is 2.73. The van der Waals surface area contributed by atoms with Gasteiger partial charge in [0.1, 0.15) is 31.6 Å². The molecule has 0 saturated heterocycles. The maximum Gasteiger partial charge on any atom is 0.264 e. The Morgan fingerprint density at radius 3 is 2.26 bits per heavy atom. The summed E-state index contributed by atoms with van der Waals surface area (Å²) in [5.74, 6) is -0.746. The summed E-state index contributed by atoms with van der Waals surface area (Å²) in [6.07, 6.45) is 5.11. The van der Waals surface area contributed by atoms with Gasteiger partial charge in [-0.2, -0.15) is 0 Å². The third-order valence-electron chi connectivity index (χ3n) is 9.15. The number of amides is 2. The molecule has 1 atom stereocenters. The lowest BCUT2D eigenvalue weighted by atomic mass is 9.94. The average molecular weight is 700 g/mol. The van der Waals surface area contributed by atoms with Gasteiger partial charge in [-0.05, 0) is 67.3 Å². The Balaban J connectivity index is 1.40. The highest BCUT2D eigenvalue weighted by molar-refractivity contribution is 7.92. The lowest BCUT2D eigenvalue weighted by Gasteiger charge is -2.35. The second kappa shape index (κ2) is 15.8. The zero-order valence-electron chi connectivity index (χ0n) is 28.1. The van der Waals surface area contributed by atoms with Gasteiger partial charge in [-0.1, -0.05) is 79.4 Å². The van der Waals surface area contributed by atoms with E-state index in [9.17, 15) is 22.4 Å². The van der Waals surface area contributed by atoms with Gasteiger partial charge in [-0.15, -0.1) is 0 Å². The van der Waals surface area contributed by atoms with E-state index < -0.39 is 34.3 Å². The van der Waals surface area contributed by atoms with Crippen molar-refractivity contribution in [3.63, 3.8) is 0 Å². The number of benzene rings is 4. The Morgan fingerprint density at radius 1 is 0.840 bits per heavy atom. The van der Waals surface area contributed by atoms with Crippen LogP contribution < -0.4 is 19.1 Å². The quantitative estimate of drug-likeness (QED) is 0.189. The first-order chi connectivity index (χ1) is 24.2. The van der Waals surface area contributed by atoms with E-state index in [2.05, 4.69) is 5.32 Å². The van der Waals surface area contributed by atoms with E-state index >= 15 is 0 Å². The molecule has 4 aromatic rings. The topological polar surface area (TPSA) is 105 Å². The smallest absolute Gasteiger partial charge is 0.264 e. The molecule has 6 rings (SSSR count). The number of nitrogens with one attached hydrogen (secondary N) is 1. The van der Waals surface area contributed by atoms with Gasteiger partial charge < -0.3 is 19.7 Å². The first-order valence-electron chi connectivity index (χ1n) is 17.0. The van der Waals surface area contributed by atoms with Crippen molar-refractivity contribution in [2.24, 2.45) is 0 Å². The second-order valence-electron chi connectivity index (χ2n) is 12.9. The lowest BCUT2D eigenvalue weighted by molar-refractivity contribution is -0.140. The molecule has 1 unspecified atom stereocenters. The van der Waals surface area contributed by atoms with Crippen molar-refractivity contribution >= 4 is 27.5 Å². The van der Waals surface area contributed by atoms with Crippen LogP contribution in [0.3, 0.4) is 0 Å². The minimum Gasteiger partial charge on any atom is -0.486 e. The van der Waals surface area contributed by atoms with Crippen LogP contribution in [0, 0.1) is 12.7 Å². The molecule has 9 nitrogen and oxygen atoms in total. The molecule has 1 aliphatic carbocycles. The molecule has 50 heavy (non-hydrogen) atoms. The number of rotatable bonds is 12. The van der Waals surface area contributed by atoms with Gasteiger partial charge in [-0.3, -0.25) is 13.9 Å². The van der Waals surface area contributed by atoms with Crippen LogP contribution in [0.25, 0.3) is 0 Å². The number of sulfonamides is 1. The summed E-state index contributed by atoms with van der Waals surface area (Å²) in [5, 5.41) is 3.22. The molecule has 2 aliphatic rings. The third-order valence-corrected chi connectivity index (χ3v) is 10.9. The number of halogens is 1. The molecule has 1 N–H and O–H groups in total. The van der Waals surface area contributed by atoms with Gasteiger partial charge in [0.2, 0.25) is 11.8 Å². The van der Waals surface area contributed by atoms with Crippen molar-refractivity contribution in [2.75, 3.05) is 24.1 Å². The maximum atomic E-state index is 14.7. The van der Waals surface area contributed by atoms with Crippen LogP contribution in [-0.4, -0.2) is 57.0 Å². The van der Waals surface area contributed by atoms with Crippen LogP contribution in [0.2, 0.25) is 0 Å². The molecule has 262 valence electrons. The predicted molar refractivity (Wildman–Crippen MR) is 189 cm³/mol. The Kier molecular flexibility index (Phi) is 11.0. The predicted octanol–water partition coefficient (Wildman–Crippen LogP) is 6.19. The summed E-state index contributed by atoms with van der Waals surface area (Å²) < 4.78 is 55.1. The first-order valence-corrected chi connectivity index (χ1v) is 18.5. The Hall–Kier alpha value is -4.90. The minimum atomic E-state index is -4.41. The summed E-state index contributed by atoms with van der Waals surface area (Å²) in [6, 6.07) is 25.4. The zero-order chi connectivity index (χ0) is 35.1. The van der Waals surface area contributed by atoms with E-state index in [4.69, 9.17) is 9.47 Å². The lowest BCUT2D eigenvalue weighted by Crippen LogP contribution is -2.55. The fourth-order valence-corrected chi connectivity index (χ4v) is 7.98. The monoisotopic (exact) mass is 699 g/mol. The highest BCUT2D eigenvalue weighted by Crippen LogP contribution is 2.34. The van der Waals surface area contributed by atoms with Gasteiger partial charge in [0.05, 0.1) is 10.6 Å². The molecule has 0 aromatic heterocycles. The Bertz CT molecular complexity index is 1900. The molecule has 4 aromatic carbocycles. The molecule has 0 radical (unpaired) electrons. The molecule has 0 bridgehead atoms. The van der Waals surface area contributed by atoms with Gasteiger partial charge in [0.25, 0.3) is 10.0 Å². The van der Waals surface area contributed by atoms with Crippen LogP contribution in [0.4, 0.5) is 10.1 Å². The van der Waals surface area contributed by atoms with E-state index in [1.807, 2.05) is 61.5 Å². The molecule has 1 fully saturated rings. The number of nitrogens with zero attached hydrogens (tertiary/aromatic N) is 2. The number of anilines is 1. The number of aryl methyl sites for hydroxylation is 1. The van der Waals surface area contributed by atoms with Gasteiger partial charge >= 0.3 is 0 Å². The van der Waals surface area contributed by atoms with Gasteiger partial charge in [0.15, 0.2) is 11.5 Å². The van der Waals surface area contributed by atoms with Crippen molar-refractivity contribution < 1.29 is 31.9 Å². The van der Waals surface area contributed by atoms with E-state index in [1.54, 1.807) is 0 Å². The SMILES string of the molecule is Cc1cccc(CN(C(=O)CN(c2ccc(F)cc2)S(=O)(=O)c2ccc3c(c2)OCCO3)C(Cc2ccccc2)C(=O)NC2CCCCC2)c1. The zero-order valence-corrected chi connectivity index (χ0v) is 28.9. The molecule has 0 spiro atoms. The van der Waals surface area contributed by atoms with Crippen molar-refractivity contribution in [1.29, 1.82) is 0 Å². The highest BCUT2D eigenvalue weighted by atomic mass is 32.2. The summed E-state index contributed by atoms with van der Waals surface area (Å²) in [6.45, 7) is 1.97. The molecule has 2 amide bonds. The second-order valence-corrected chi connectivity index (χ2v) is 14.7. The highest BCUT2D eigenvalue weighted by Gasteiger charge is 2.36. The largest absolute Gasteiger partial charge is 0.486 e. The van der Waals surface area contributed by atoms with E-state index in [0.29, 0.717) is 12.4 Å². The number of hydrogen-bond donors (Lipinski definition) is 1. The summed E-state index contributed by atoms with van der Waals surface area (Å²) >= 11 is 0. The number of carbonyl (C=O) groups is 2. The Morgan fingerprint density at radius 2 is 1.54 bits per heavy atom. The van der Waals surface area contributed by atoms with Crippen LogP contribution in [0.15, 0.2) is 102 Å². The van der Waals surface area contributed by atoms with Gasteiger partial charge in [0, 0.05) is 25.1 Å². The minimum absolute atomic E-state index is 0.00301. The molecular formula is C39H42FN3O6S. The standard InChI is InChI=1S/C39H42FN3O6S/c1-28-9-8-12-30(23-28)26-42(35(24-29-10-4-2-5-11-29)39(45)41-32-13-6-3-7-14-32)38(44)27-43(33-17-15-31(40)16-18-33)50(46,47)34-19-20-36-37(25-34)49-22-21-48-36/h2,4-5,8-12,15-20,23,25,32,35H,3,6-7,13-14,21-22,24,26-27H2,1H3,(H,41,45). The fraction of sp³-hybridized carbons (Fsp3) is 0.333. The fourth-order valence-electron chi connectivity index (χ4n) is 6.55. The van der Waals surface area contributed by atoms with Gasteiger partial charge in [-0.25, -0.2) is 12.8 Å². The maximum absolute atomic E-state index is 14.7. The van der Waals surface area contributed by atoms with Crippen molar-refractivity contribution in [2.45, 2.75) is 69.0 Å². The van der Waals surface area contributed by atoms with E-state index in [0.717, 1.165) is 65.2 Å². The van der Waals surface area contributed by atoms with Crippen molar-refractivity contribution in [3.05, 3.63) is 120 Å².